The Balaban J connectivity index is 1.57. The van der Waals surface area contributed by atoms with Crippen molar-refractivity contribution in [3.05, 3.63) is 23.7 Å². The lowest BCUT2D eigenvalue weighted by molar-refractivity contribution is -0.113. The van der Waals surface area contributed by atoms with E-state index >= 15 is 0 Å². The Morgan fingerprint density at radius 2 is 2.29 bits per heavy atom. The third-order valence-corrected chi connectivity index (χ3v) is 4.73. The van der Waals surface area contributed by atoms with Crippen molar-refractivity contribution in [2.24, 2.45) is 11.3 Å². The molecular weight excluding hydrogens is 270 g/mol. The van der Waals surface area contributed by atoms with Gasteiger partial charge in [0.2, 0.25) is 5.76 Å². The first-order valence-corrected chi connectivity index (χ1v) is 7.65. The monoisotopic (exact) mass is 293 g/mol. The maximum Gasteiger partial charge on any atom is 0.374 e. The topological polar surface area (TPSA) is 60.7 Å². The predicted octanol–water partition coefficient (Wildman–Crippen LogP) is 2.36. The van der Waals surface area contributed by atoms with Crippen LogP contribution in [-0.4, -0.2) is 31.3 Å². The molecule has 0 spiro atoms. The fraction of sp³-hybridized carbons (Fsp3) is 0.688. The molecule has 21 heavy (non-hydrogen) atoms. The van der Waals surface area contributed by atoms with Crippen LogP contribution in [-0.2, 0) is 16.0 Å². The lowest BCUT2D eigenvalue weighted by atomic mass is 9.57. The van der Waals surface area contributed by atoms with Gasteiger partial charge >= 0.3 is 5.97 Å². The standard InChI is InChI=1S/C16H23NO4/c1-4-19-15(18)12-6-5-10(21-12)9-17-13-11-7-8-20-14(11)16(13,2)3/h5-6,11,13-14,17H,4,7-9H2,1-3H3/t11-,13+,14-/m0/s1. The van der Waals surface area contributed by atoms with E-state index in [4.69, 9.17) is 13.9 Å². The fourth-order valence-corrected chi connectivity index (χ4v) is 3.73. The highest BCUT2D eigenvalue weighted by atomic mass is 16.5. The highest BCUT2D eigenvalue weighted by Gasteiger charge is 2.58. The number of fused-ring (bicyclic) bond motifs is 1. The molecule has 0 radical (unpaired) electrons. The van der Waals surface area contributed by atoms with Crippen molar-refractivity contribution in [3.63, 3.8) is 0 Å². The summed E-state index contributed by atoms with van der Waals surface area (Å²) in [5, 5.41) is 3.56. The summed E-state index contributed by atoms with van der Waals surface area (Å²) >= 11 is 0. The van der Waals surface area contributed by atoms with Gasteiger partial charge < -0.3 is 19.2 Å². The molecule has 1 saturated carbocycles. The Hall–Kier alpha value is -1.33. The highest BCUT2D eigenvalue weighted by Crippen LogP contribution is 2.52. The Kier molecular flexibility index (Phi) is 3.80. The van der Waals surface area contributed by atoms with Crippen molar-refractivity contribution in [2.75, 3.05) is 13.2 Å². The van der Waals surface area contributed by atoms with Crippen molar-refractivity contribution in [1.29, 1.82) is 0 Å². The number of hydrogen-bond donors (Lipinski definition) is 1. The van der Waals surface area contributed by atoms with Gasteiger partial charge in [0, 0.05) is 24.0 Å². The third-order valence-electron chi connectivity index (χ3n) is 4.73. The van der Waals surface area contributed by atoms with E-state index in [-0.39, 0.29) is 11.2 Å². The van der Waals surface area contributed by atoms with Crippen LogP contribution < -0.4 is 5.32 Å². The molecule has 0 unspecified atom stereocenters. The summed E-state index contributed by atoms with van der Waals surface area (Å²) in [6.45, 7) is 8.10. The smallest absolute Gasteiger partial charge is 0.374 e. The Morgan fingerprint density at radius 3 is 3.05 bits per heavy atom. The first-order valence-electron chi connectivity index (χ1n) is 7.65. The van der Waals surface area contributed by atoms with Gasteiger partial charge in [-0.15, -0.1) is 0 Å². The van der Waals surface area contributed by atoms with Crippen LogP contribution in [0.15, 0.2) is 16.5 Å². The number of rotatable bonds is 5. The highest BCUT2D eigenvalue weighted by molar-refractivity contribution is 5.86. The molecule has 1 aliphatic heterocycles. The van der Waals surface area contributed by atoms with E-state index < -0.39 is 5.97 Å². The predicted molar refractivity (Wildman–Crippen MR) is 76.9 cm³/mol. The van der Waals surface area contributed by atoms with E-state index in [2.05, 4.69) is 19.2 Å². The maximum absolute atomic E-state index is 11.6. The summed E-state index contributed by atoms with van der Waals surface area (Å²) in [6.07, 6.45) is 1.50. The third kappa shape index (κ3) is 2.49. The minimum atomic E-state index is -0.406. The van der Waals surface area contributed by atoms with Gasteiger partial charge in [0.25, 0.3) is 0 Å². The molecule has 3 rings (SSSR count). The summed E-state index contributed by atoms with van der Waals surface area (Å²) in [6, 6.07) is 3.93. The summed E-state index contributed by atoms with van der Waals surface area (Å²) in [5.74, 6) is 1.22. The molecule has 2 aliphatic rings. The lowest BCUT2D eigenvalue weighted by Gasteiger charge is -2.54. The first-order chi connectivity index (χ1) is 10.0. The van der Waals surface area contributed by atoms with Gasteiger partial charge in [-0.2, -0.15) is 0 Å². The minimum Gasteiger partial charge on any atom is -0.460 e. The molecule has 5 heteroatoms. The molecule has 0 amide bonds. The largest absolute Gasteiger partial charge is 0.460 e. The van der Waals surface area contributed by atoms with Crippen LogP contribution in [0.4, 0.5) is 0 Å². The molecule has 1 aromatic heterocycles. The van der Waals surface area contributed by atoms with E-state index in [1.165, 1.54) is 0 Å². The number of esters is 1. The van der Waals surface area contributed by atoms with Crippen LogP contribution in [0.3, 0.4) is 0 Å². The van der Waals surface area contributed by atoms with Crippen LogP contribution in [0.2, 0.25) is 0 Å². The van der Waals surface area contributed by atoms with Gasteiger partial charge in [0.1, 0.15) is 5.76 Å². The zero-order valence-corrected chi connectivity index (χ0v) is 12.8. The van der Waals surface area contributed by atoms with Gasteiger partial charge in [-0.25, -0.2) is 4.79 Å². The van der Waals surface area contributed by atoms with Crippen LogP contribution in [0, 0.1) is 11.3 Å². The SMILES string of the molecule is CCOC(=O)c1ccc(CN[C@@H]2[C@@H]3CCO[C@@H]3C2(C)C)o1. The number of hydrogen-bond acceptors (Lipinski definition) is 5. The molecule has 1 saturated heterocycles. The molecule has 3 atom stereocenters. The van der Waals surface area contributed by atoms with Crippen LogP contribution >= 0.6 is 0 Å². The second kappa shape index (κ2) is 5.46. The number of furan rings is 1. The molecular formula is C16H23NO4. The van der Waals surface area contributed by atoms with Crippen LogP contribution in [0.5, 0.6) is 0 Å². The molecule has 116 valence electrons. The zero-order valence-electron chi connectivity index (χ0n) is 12.8. The van der Waals surface area contributed by atoms with Crippen molar-refractivity contribution in [3.8, 4) is 0 Å². The van der Waals surface area contributed by atoms with Crippen LogP contribution in [0.1, 0.15) is 43.5 Å². The average molecular weight is 293 g/mol. The van der Waals surface area contributed by atoms with Gasteiger partial charge in [-0.1, -0.05) is 13.8 Å². The second-order valence-corrected chi connectivity index (χ2v) is 6.41. The van der Waals surface area contributed by atoms with Gasteiger partial charge in [0.05, 0.1) is 19.3 Å². The normalized spacial score (nSPS) is 29.8. The van der Waals surface area contributed by atoms with Crippen molar-refractivity contribution >= 4 is 5.97 Å². The van der Waals surface area contributed by atoms with Crippen molar-refractivity contribution in [1.82, 2.24) is 5.32 Å². The molecule has 5 nitrogen and oxygen atoms in total. The molecule has 0 bridgehead atoms. The first kappa shape index (κ1) is 14.6. The molecule has 1 aliphatic carbocycles. The molecule has 0 aromatic carbocycles. The van der Waals surface area contributed by atoms with Gasteiger partial charge in [-0.05, 0) is 25.5 Å². The van der Waals surface area contributed by atoms with Gasteiger partial charge in [0.15, 0.2) is 0 Å². The Morgan fingerprint density at radius 1 is 1.48 bits per heavy atom. The summed E-state index contributed by atoms with van der Waals surface area (Å²) in [7, 11) is 0. The summed E-state index contributed by atoms with van der Waals surface area (Å²) in [4.78, 5) is 11.6. The van der Waals surface area contributed by atoms with E-state index in [1.54, 1.807) is 13.0 Å². The molecule has 2 fully saturated rings. The summed E-state index contributed by atoms with van der Waals surface area (Å²) in [5.41, 5.74) is 0.151. The number of ether oxygens (including phenoxy) is 2. The van der Waals surface area contributed by atoms with E-state index in [0.29, 0.717) is 31.2 Å². The molecule has 1 aromatic rings. The number of nitrogens with one attached hydrogen (secondary N) is 1. The summed E-state index contributed by atoms with van der Waals surface area (Å²) < 4.78 is 16.2. The van der Waals surface area contributed by atoms with Crippen molar-refractivity contribution < 1.29 is 18.7 Å². The quantitative estimate of drug-likeness (QED) is 0.844. The molecule has 2 heterocycles. The zero-order chi connectivity index (χ0) is 15.0. The van der Waals surface area contributed by atoms with E-state index in [1.807, 2.05) is 6.07 Å². The minimum absolute atomic E-state index is 0.151. The number of carbonyl (C=O) groups excluding carboxylic acids is 1. The molecule has 1 N–H and O–H groups in total. The van der Waals surface area contributed by atoms with E-state index in [0.717, 1.165) is 18.8 Å². The average Bonchev–Trinajstić information content (AvgIpc) is 3.06. The fourth-order valence-electron chi connectivity index (χ4n) is 3.73. The van der Waals surface area contributed by atoms with Crippen LogP contribution in [0.25, 0.3) is 0 Å². The lowest BCUT2D eigenvalue weighted by Crippen LogP contribution is -2.65. The van der Waals surface area contributed by atoms with Crippen molar-refractivity contribution in [2.45, 2.75) is 45.9 Å². The Labute approximate surface area is 125 Å². The van der Waals surface area contributed by atoms with E-state index in [9.17, 15) is 4.79 Å². The maximum atomic E-state index is 11.6. The van der Waals surface area contributed by atoms with Gasteiger partial charge in [-0.3, -0.25) is 0 Å². The second-order valence-electron chi connectivity index (χ2n) is 6.41. The Bertz CT molecular complexity index is 522. The number of carbonyl (C=O) groups is 1.